The molecule has 14 nitrogen and oxygen atoms in total. The number of H-pyrrole nitrogens is 1. The molecule has 2 aromatic heterocycles. The van der Waals surface area contributed by atoms with Gasteiger partial charge in [-0.15, -0.1) is 0 Å². The largest absolute Gasteiger partial charge is 0.497 e. The molecule has 73 heavy (non-hydrogen) atoms. The van der Waals surface area contributed by atoms with Gasteiger partial charge in [-0.3, -0.25) is 19.9 Å². The number of anilines is 1. The normalized spacial score (nSPS) is 15.7. The van der Waals surface area contributed by atoms with E-state index in [0.29, 0.717) is 17.1 Å². The van der Waals surface area contributed by atoms with Crippen LogP contribution in [-0.4, -0.2) is 57.3 Å². The first kappa shape index (κ1) is 47.5. The van der Waals surface area contributed by atoms with E-state index in [9.17, 15) is 19.7 Å². The van der Waals surface area contributed by atoms with E-state index in [4.69, 9.17) is 23.9 Å². The maximum Gasteiger partial charge on any atom is 0.338 e. The lowest BCUT2D eigenvalue weighted by Gasteiger charge is -2.37. The van der Waals surface area contributed by atoms with Crippen molar-refractivity contribution in [3.8, 4) is 11.5 Å². The number of ether oxygens (including phenoxy) is 4. The summed E-state index contributed by atoms with van der Waals surface area (Å²) in [4.78, 5) is 52.1. The Morgan fingerprint density at radius 2 is 1.19 bits per heavy atom. The molecule has 0 amide bonds. The van der Waals surface area contributed by atoms with Crippen LogP contribution < -0.4 is 20.3 Å². The molecule has 2 N–H and O–H groups in total. The van der Waals surface area contributed by atoms with Crippen LogP contribution in [0.25, 0.3) is 11.2 Å². The van der Waals surface area contributed by atoms with Gasteiger partial charge >= 0.3 is 5.97 Å². The Balaban J connectivity index is 1.07. The number of fused-ring (bicyclic) bond motifs is 1. The maximum absolute atomic E-state index is 14.3. The average Bonchev–Trinajstić information content (AvgIpc) is 4.01. The molecular formula is C59H50N6O8. The molecule has 0 saturated heterocycles. The zero-order chi connectivity index (χ0) is 50.5. The first-order valence-electron chi connectivity index (χ1n) is 23.7. The van der Waals surface area contributed by atoms with E-state index >= 15 is 0 Å². The Morgan fingerprint density at radius 1 is 0.712 bits per heavy atom. The number of carbonyl (C=O) groups excluding carboxylic acids is 1. The summed E-state index contributed by atoms with van der Waals surface area (Å²) in [5.41, 5.74) is 3.39. The second-order valence-electron chi connectivity index (χ2n) is 17.7. The Bertz CT molecular complexity index is 3360. The first-order valence-corrected chi connectivity index (χ1v) is 23.7. The first-order chi connectivity index (χ1) is 35.6. The molecule has 1 aliphatic carbocycles. The quantitative estimate of drug-likeness (QED) is 0.0292. The lowest BCUT2D eigenvalue weighted by Crippen LogP contribution is -2.39. The number of aromatic amines is 1. The predicted molar refractivity (Wildman–Crippen MR) is 278 cm³/mol. The van der Waals surface area contributed by atoms with Crippen LogP contribution in [0.5, 0.6) is 11.5 Å². The van der Waals surface area contributed by atoms with Crippen molar-refractivity contribution in [2.75, 3.05) is 26.1 Å². The van der Waals surface area contributed by atoms with Crippen LogP contribution in [0.1, 0.15) is 56.2 Å². The Morgan fingerprint density at radius 3 is 1.70 bits per heavy atom. The highest BCUT2D eigenvalue weighted by Crippen LogP contribution is 2.47. The maximum atomic E-state index is 14.3. The van der Waals surface area contributed by atoms with Crippen molar-refractivity contribution in [2.24, 2.45) is 5.92 Å². The topological polar surface area (TPSA) is 173 Å². The molecule has 0 spiro atoms. The lowest BCUT2D eigenvalue weighted by molar-refractivity contribution is -0.384. The van der Waals surface area contributed by atoms with Gasteiger partial charge in [-0.25, -0.2) is 9.78 Å². The molecule has 0 aliphatic heterocycles. The fourth-order valence-electron chi connectivity index (χ4n) is 10.0. The third-order valence-electron chi connectivity index (χ3n) is 13.7. The number of non-ortho nitro benzene ring substituents is 1. The van der Waals surface area contributed by atoms with Crippen LogP contribution in [0.3, 0.4) is 0 Å². The summed E-state index contributed by atoms with van der Waals surface area (Å²) in [6, 6.07) is 59.8. The van der Waals surface area contributed by atoms with E-state index in [-0.39, 0.29) is 41.4 Å². The number of esters is 1. The molecule has 10 rings (SSSR count). The van der Waals surface area contributed by atoms with E-state index in [2.05, 4.69) is 21.9 Å². The average molecular weight is 971 g/mol. The summed E-state index contributed by atoms with van der Waals surface area (Å²) < 4.78 is 26.7. The summed E-state index contributed by atoms with van der Waals surface area (Å²) in [6.07, 6.45) is 0.923. The van der Waals surface area contributed by atoms with Gasteiger partial charge in [0.2, 0.25) is 5.95 Å². The number of carbonyl (C=O) groups is 1. The van der Waals surface area contributed by atoms with Gasteiger partial charge in [0.05, 0.1) is 43.7 Å². The molecule has 9 aromatic rings. The van der Waals surface area contributed by atoms with Crippen LogP contribution in [0.2, 0.25) is 0 Å². The van der Waals surface area contributed by atoms with Gasteiger partial charge in [0.25, 0.3) is 11.2 Å². The highest BCUT2D eigenvalue weighted by Gasteiger charge is 2.46. The third-order valence-corrected chi connectivity index (χ3v) is 13.7. The van der Waals surface area contributed by atoms with Crippen molar-refractivity contribution in [1.29, 1.82) is 0 Å². The van der Waals surface area contributed by atoms with Crippen molar-refractivity contribution >= 4 is 28.8 Å². The van der Waals surface area contributed by atoms with Crippen LogP contribution in [0, 0.1) is 16.0 Å². The van der Waals surface area contributed by atoms with Crippen molar-refractivity contribution in [3.05, 3.63) is 272 Å². The minimum absolute atomic E-state index is 0.00926. The smallest absolute Gasteiger partial charge is 0.338 e. The number of aromatic nitrogens is 4. The summed E-state index contributed by atoms with van der Waals surface area (Å²) >= 11 is 0. The fourth-order valence-corrected chi connectivity index (χ4v) is 10.0. The molecule has 1 fully saturated rings. The molecule has 14 heteroatoms. The Hall–Kier alpha value is -9.14. The van der Waals surface area contributed by atoms with E-state index in [1.807, 2.05) is 170 Å². The van der Waals surface area contributed by atoms with Crippen molar-refractivity contribution < 1.29 is 28.7 Å². The Kier molecular flexibility index (Phi) is 13.2. The molecule has 3 atom stereocenters. The highest BCUT2D eigenvalue weighted by molar-refractivity contribution is 5.89. The molecular weight excluding hydrogens is 921 g/mol. The van der Waals surface area contributed by atoms with Crippen LogP contribution in [-0.2, 0) is 20.6 Å². The molecule has 7 aromatic carbocycles. The third kappa shape index (κ3) is 9.00. The number of hydrogen-bond acceptors (Lipinski definition) is 11. The van der Waals surface area contributed by atoms with Gasteiger partial charge < -0.3 is 28.8 Å². The number of nitrogens with zero attached hydrogens (tertiary/aromatic N) is 4. The van der Waals surface area contributed by atoms with E-state index in [0.717, 1.165) is 33.4 Å². The molecule has 0 bridgehead atoms. The number of imidazole rings is 1. The Labute approximate surface area is 420 Å². The predicted octanol–water partition coefficient (Wildman–Crippen LogP) is 10.8. The van der Waals surface area contributed by atoms with Crippen LogP contribution in [0.4, 0.5) is 11.6 Å². The van der Waals surface area contributed by atoms with Gasteiger partial charge in [-0.1, -0.05) is 152 Å². The molecule has 0 unspecified atom stereocenters. The number of nitrogens with one attached hydrogen (secondary N) is 2. The van der Waals surface area contributed by atoms with Crippen molar-refractivity contribution in [1.82, 2.24) is 19.5 Å². The van der Waals surface area contributed by atoms with Crippen LogP contribution in [0.15, 0.2) is 217 Å². The summed E-state index contributed by atoms with van der Waals surface area (Å²) in [7, 11) is 3.23. The fraction of sp³-hybridized carbons (Fsp3) is 0.153. The van der Waals surface area contributed by atoms with Gasteiger partial charge in [0.15, 0.2) is 11.2 Å². The van der Waals surface area contributed by atoms with Gasteiger partial charge in [-0.05, 0) is 75.4 Å². The van der Waals surface area contributed by atoms with Crippen LogP contribution >= 0.6 is 0 Å². The molecule has 2 heterocycles. The zero-order valence-corrected chi connectivity index (χ0v) is 40.0. The number of benzene rings is 7. The second kappa shape index (κ2) is 20.3. The molecule has 364 valence electrons. The lowest BCUT2D eigenvalue weighted by atomic mass is 9.77. The zero-order valence-electron chi connectivity index (χ0n) is 40.0. The number of nitro benzene ring substituents is 1. The monoisotopic (exact) mass is 970 g/mol. The number of rotatable bonds is 17. The number of hydrogen-bond donors (Lipinski definition) is 2. The summed E-state index contributed by atoms with van der Waals surface area (Å²) in [5.74, 6) is 0.211. The van der Waals surface area contributed by atoms with Crippen molar-refractivity contribution in [2.45, 2.75) is 29.7 Å². The van der Waals surface area contributed by atoms with Gasteiger partial charge in [-0.2, -0.15) is 4.98 Å². The minimum Gasteiger partial charge on any atom is -0.497 e. The summed E-state index contributed by atoms with van der Waals surface area (Å²) in [6.45, 7) is 4.68. The van der Waals surface area contributed by atoms with E-state index in [1.54, 1.807) is 25.1 Å². The van der Waals surface area contributed by atoms with E-state index in [1.165, 1.54) is 24.3 Å². The second-order valence-corrected chi connectivity index (χ2v) is 17.7. The SMILES string of the molecule is C=C1[C@H](COC(c2ccccc2)(c2ccccc2)c2ccc(OC)cc2)[C@@H](OC(=O)c2ccc([N+](=O)[O-])cc2)C[C@@H]1n1cnc2c(=O)[nH]c(NC(c3ccccc3)(c3ccccc3)c3ccc(OC)cc3)nc21. The van der Waals surface area contributed by atoms with E-state index < -0.39 is 45.7 Å². The number of nitro groups is 1. The highest BCUT2D eigenvalue weighted by atomic mass is 16.6. The van der Waals surface area contributed by atoms with Gasteiger partial charge in [0.1, 0.15) is 28.7 Å². The molecule has 1 aliphatic rings. The standard InChI is InChI=1S/C59H50N6O8/c1-39-50(37-72-59(44-20-12-6-13-21-44,45-22-14-7-15-23-45)46-28-34-49(71-3)35-29-46)52(73-56(67)40-24-30-47(31-25-40)65(68)69)36-51(39)64-38-60-53-54(64)61-57(62-55(53)66)63-58(41-16-8-4-9-17-41,42-18-10-5-11-19-42)43-26-32-48(70-2)33-27-43/h4-35,38,50-52H,1,36-37H2,2-3H3,(H2,61,62,63,66)/t50-,51-,52-/m0/s1. The summed E-state index contributed by atoms with van der Waals surface area (Å²) in [5, 5.41) is 15.2. The number of methoxy groups -OCH3 is 2. The van der Waals surface area contributed by atoms with Crippen molar-refractivity contribution in [3.63, 3.8) is 0 Å². The minimum atomic E-state index is -1.18. The molecule has 1 saturated carbocycles. The molecule has 0 radical (unpaired) electrons. The van der Waals surface area contributed by atoms with Gasteiger partial charge in [0, 0.05) is 24.5 Å².